The zero-order chi connectivity index (χ0) is 17.9. The van der Waals surface area contributed by atoms with Crippen LogP contribution in [0.1, 0.15) is 5.56 Å². The van der Waals surface area contributed by atoms with E-state index in [2.05, 4.69) is 25.8 Å². The third-order valence-electron chi connectivity index (χ3n) is 3.51. The fraction of sp³-hybridized carbons (Fsp3) is 0.118. The molecule has 0 aliphatic heterocycles. The highest BCUT2D eigenvalue weighted by Gasteiger charge is 2.17. The number of halogens is 1. The number of methoxy groups -OCH3 is 1. The van der Waals surface area contributed by atoms with Crippen molar-refractivity contribution in [3.63, 3.8) is 0 Å². The molecule has 0 radical (unpaired) electrons. The van der Waals surface area contributed by atoms with Gasteiger partial charge in [-0.3, -0.25) is 9.40 Å². The molecular formula is C17H16BrN3O3S. The molecule has 0 aliphatic carbocycles. The Morgan fingerprint density at radius 3 is 2.64 bits per heavy atom. The van der Waals surface area contributed by atoms with Gasteiger partial charge in [0.2, 0.25) is 0 Å². The highest BCUT2D eigenvalue weighted by atomic mass is 79.9. The average Bonchev–Trinajstić information content (AvgIpc) is 3.02. The van der Waals surface area contributed by atoms with Crippen LogP contribution in [0.4, 0.5) is 5.69 Å². The van der Waals surface area contributed by atoms with E-state index in [9.17, 15) is 8.42 Å². The highest BCUT2D eigenvalue weighted by molar-refractivity contribution is 9.10. The van der Waals surface area contributed by atoms with Crippen molar-refractivity contribution in [3.05, 3.63) is 71.0 Å². The minimum absolute atomic E-state index is 0.135. The second kappa shape index (κ2) is 7.28. The molecule has 8 heteroatoms. The summed E-state index contributed by atoms with van der Waals surface area (Å²) in [6, 6.07) is 14.4. The predicted octanol–water partition coefficient (Wildman–Crippen LogP) is 3.50. The van der Waals surface area contributed by atoms with E-state index in [-0.39, 0.29) is 4.90 Å². The summed E-state index contributed by atoms with van der Waals surface area (Å²) in [5, 5.41) is 4.19. The van der Waals surface area contributed by atoms with E-state index < -0.39 is 10.0 Å². The molecular weight excluding hydrogens is 406 g/mol. The summed E-state index contributed by atoms with van der Waals surface area (Å²) in [6.07, 6.45) is 3.14. The number of benzene rings is 2. The Labute approximate surface area is 154 Å². The van der Waals surface area contributed by atoms with Gasteiger partial charge in [-0.15, -0.1) is 0 Å². The van der Waals surface area contributed by atoms with E-state index in [1.54, 1.807) is 16.9 Å². The van der Waals surface area contributed by atoms with E-state index in [1.807, 2.05) is 30.3 Å². The average molecular weight is 422 g/mol. The minimum Gasteiger partial charge on any atom is -0.496 e. The smallest absolute Gasteiger partial charge is 0.262 e. The van der Waals surface area contributed by atoms with Crippen molar-refractivity contribution < 1.29 is 13.2 Å². The zero-order valence-electron chi connectivity index (χ0n) is 13.4. The monoisotopic (exact) mass is 421 g/mol. The first kappa shape index (κ1) is 17.5. The van der Waals surface area contributed by atoms with Gasteiger partial charge in [-0.25, -0.2) is 8.42 Å². The first-order chi connectivity index (χ1) is 12.0. The van der Waals surface area contributed by atoms with Crippen LogP contribution in [0.3, 0.4) is 0 Å². The van der Waals surface area contributed by atoms with Gasteiger partial charge in [0.1, 0.15) is 5.75 Å². The minimum atomic E-state index is -3.71. The molecule has 0 saturated heterocycles. The number of nitrogens with one attached hydrogen (secondary N) is 1. The van der Waals surface area contributed by atoms with Gasteiger partial charge in [-0.05, 0) is 39.7 Å². The Bertz CT molecular complexity index is 972. The van der Waals surface area contributed by atoms with Crippen molar-refractivity contribution in [1.82, 2.24) is 9.78 Å². The van der Waals surface area contributed by atoms with Crippen LogP contribution < -0.4 is 9.46 Å². The molecule has 0 bridgehead atoms. The molecule has 0 amide bonds. The van der Waals surface area contributed by atoms with Crippen LogP contribution >= 0.6 is 15.9 Å². The van der Waals surface area contributed by atoms with E-state index in [4.69, 9.17) is 4.74 Å². The van der Waals surface area contributed by atoms with Gasteiger partial charge in [0.05, 0.1) is 34.9 Å². The van der Waals surface area contributed by atoms with E-state index in [0.29, 0.717) is 22.5 Å². The van der Waals surface area contributed by atoms with Crippen molar-refractivity contribution >= 4 is 31.6 Å². The van der Waals surface area contributed by atoms with Gasteiger partial charge in [0, 0.05) is 6.20 Å². The summed E-state index contributed by atoms with van der Waals surface area (Å²) < 4.78 is 34.9. The van der Waals surface area contributed by atoms with Gasteiger partial charge < -0.3 is 4.74 Å². The first-order valence-corrected chi connectivity index (χ1v) is 9.68. The number of ether oxygens (including phenoxy) is 1. The SMILES string of the molecule is COc1ccc(S(=O)(=O)Nc2cnn(Cc3ccccc3)c2)cc1Br. The molecule has 1 heterocycles. The van der Waals surface area contributed by atoms with E-state index in [0.717, 1.165) is 5.56 Å². The lowest BCUT2D eigenvalue weighted by molar-refractivity contribution is 0.411. The number of anilines is 1. The van der Waals surface area contributed by atoms with Crippen molar-refractivity contribution in [1.29, 1.82) is 0 Å². The predicted molar refractivity (Wildman–Crippen MR) is 99.3 cm³/mol. The standard InChI is InChI=1S/C17H16BrN3O3S/c1-24-17-8-7-15(9-16(17)18)25(22,23)20-14-10-19-21(12-14)11-13-5-3-2-4-6-13/h2-10,12,20H,11H2,1H3. The molecule has 6 nitrogen and oxygen atoms in total. The third-order valence-corrected chi connectivity index (χ3v) is 5.51. The normalized spacial score (nSPS) is 11.3. The summed E-state index contributed by atoms with van der Waals surface area (Å²) in [5.74, 6) is 0.564. The molecule has 0 fully saturated rings. The zero-order valence-corrected chi connectivity index (χ0v) is 15.8. The number of hydrogen-bond acceptors (Lipinski definition) is 4. The Hall–Kier alpha value is -2.32. The lowest BCUT2D eigenvalue weighted by atomic mass is 10.2. The van der Waals surface area contributed by atoms with Crippen molar-refractivity contribution in [2.45, 2.75) is 11.4 Å². The maximum Gasteiger partial charge on any atom is 0.262 e. The van der Waals surface area contributed by atoms with Crippen LogP contribution in [0.25, 0.3) is 0 Å². The Balaban J connectivity index is 1.76. The quantitative estimate of drug-likeness (QED) is 0.660. The molecule has 1 aromatic heterocycles. The molecule has 2 aromatic carbocycles. The molecule has 130 valence electrons. The second-order valence-corrected chi connectivity index (χ2v) is 7.85. The number of rotatable bonds is 6. The van der Waals surface area contributed by atoms with Crippen molar-refractivity contribution in [2.75, 3.05) is 11.8 Å². The number of sulfonamides is 1. The summed E-state index contributed by atoms with van der Waals surface area (Å²) in [6.45, 7) is 0.566. The Kier molecular flexibility index (Phi) is 5.10. The third kappa shape index (κ3) is 4.21. The number of hydrogen-bond donors (Lipinski definition) is 1. The van der Waals surface area contributed by atoms with Gasteiger partial charge in [0.15, 0.2) is 0 Å². The largest absolute Gasteiger partial charge is 0.496 e. The fourth-order valence-electron chi connectivity index (χ4n) is 2.30. The molecule has 3 rings (SSSR count). The van der Waals surface area contributed by atoms with Crippen LogP contribution in [0, 0.1) is 0 Å². The van der Waals surface area contributed by atoms with Crippen LogP contribution in [0.2, 0.25) is 0 Å². The summed E-state index contributed by atoms with van der Waals surface area (Å²) in [4.78, 5) is 0.135. The molecule has 0 unspecified atom stereocenters. The molecule has 0 atom stereocenters. The van der Waals surface area contributed by atoms with Gasteiger partial charge >= 0.3 is 0 Å². The Morgan fingerprint density at radius 2 is 1.96 bits per heavy atom. The molecule has 1 N–H and O–H groups in total. The van der Waals surface area contributed by atoms with Gasteiger partial charge in [-0.1, -0.05) is 30.3 Å². The Morgan fingerprint density at radius 1 is 1.20 bits per heavy atom. The molecule has 3 aromatic rings. The number of aromatic nitrogens is 2. The van der Waals surface area contributed by atoms with Crippen LogP contribution in [-0.2, 0) is 16.6 Å². The summed E-state index contributed by atoms with van der Waals surface area (Å²) in [5.41, 5.74) is 1.49. The maximum absolute atomic E-state index is 12.5. The van der Waals surface area contributed by atoms with Crippen LogP contribution in [0.5, 0.6) is 5.75 Å². The van der Waals surface area contributed by atoms with Crippen LogP contribution in [0.15, 0.2) is 70.3 Å². The fourth-order valence-corrected chi connectivity index (χ4v) is 4.05. The topological polar surface area (TPSA) is 73.2 Å². The summed E-state index contributed by atoms with van der Waals surface area (Å²) in [7, 11) is -2.19. The van der Waals surface area contributed by atoms with Crippen molar-refractivity contribution in [2.24, 2.45) is 0 Å². The van der Waals surface area contributed by atoms with E-state index in [1.165, 1.54) is 25.4 Å². The lowest BCUT2D eigenvalue weighted by Gasteiger charge is -2.08. The van der Waals surface area contributed by atoms with Crippen LogP contribution in [-0.4, -0.2) is 25.3 Å². The maximum atomic E-state index is 12.5. The lowest BCUT2D eigenvalue weighted by Crippen LogP contribution is -2.12. The molecule has 0 aliphatic rings. The van der Waals surface area contributed by atoms with E-state index >= 15 is 0 Å². The molecule has 0 saturated carbocycles. The highest BCUT2D eigenvalue weighted by Crippen LogP contribution is 2.28. The van der Waals surface area contributed by atoms with Gasteiger partial charge in [-0.2, -0.15) is 5.10 Å². The van der Waals surface area contributed by atoms with Gasteiger partial charge in [0.25, 0.3) is 10.0 Å². The first-order valence-electron chi connectivity index (χ1n) is 7.41. The molecule has 25 heavy (non-hydrogen) atoms. The number of nitrogens with zero attached hydrogens (tertiary/aromatic N) is 2. The van der Waals surface area contributed by atoms with Crippen molar-refractivity contribution in [3.8, 4) is 5.75 Å². The second-order valence-electron chi connectivity index (χ2n) is 5.31. The summed E-state index contributed by atoms with van der Waals surface area (Å²) >= 11 is 3.29. The molecule has 0 spiro atoms.